The van der Waals surface area contributed by atoms with Gasteiger partial charge in [0.15, 0.2) is 12.6 Å². The fourth-order valence-corrected chi connectivity index (χ4v) is 5.57. The van der Waals surface area contributed by atoms with Crippen molar-refractivity contribution in [2.45, 2.75) is 33.4 Å². The van der Waals surface area contributed by atoms with Gasteiger partial charge in [0.1, 0.15) is 17.2 Å². The normalized spacial score (nSPS) is 24.1. The number of nitrogens with zero attached hydrogens (tertiary/aromatic N) is 1. The number of hydrogen-bond donors (Lipinski definition) is 1. The van der Waals surface area contributed by atoms with Gasteiger partial charge in [0.25, 0.3) is 0 Å². The van der Waals surface area contributed by atoms with E-state index in [9.17, 15) is 9.90 Å². The number of ether oxygens (including phenoxy) is 3. The molecule has 2 aromatic carbocycles. The molecule has 3 aliphatic rings. The molecule has 0 radical (unpaired) electrons. The van der Waals surface area contributed by atoms with Gasteiger partial charge in [0, 0.05) is 35.2 Å². The van der Waals surface area contributed by atoms with Gasteiger partial charge >= 0.3 is 0 Å². The van der Waals surface area contributed by atoms with Gasteiger partial charge in [0.05, 0.1) is 17.7 Å². The zero-order chi connectivity index (χ0) is 22.4. The first kappa shape index (κ1) is 21.5. The molecule has 2 aromatic rings. The maximum Gasteiger partial charge on any atom is 0.231 e. The van der Waals surface area contributed by atoms with Crippen molar-refractivity contribution in [1.82, 2.24) is 4.90 Å². The Bertz CT molecular complexity index is 1100. The minimum Gasteiger partial charge on any atom is -0.507 e. The van der Waals surface area contributed by atoms with Crippen LogP contribution in [-0.4, -0.2) is 35.7 Å². The lowest BCUT2D eigenvalue weighted by Crippen LogP contribution is -2.38. The largest absolute Gasteiger partial charge is 0.507 e. The summed E-state index contributed by atoms with van der Waals surface area (Å²) in [6.45, 7) is 7.61. The third-order valence-corrected chi connectivity index (χ3v) is 6.69. The van der Waals surface area contributed by atoms with Gasteiger partial charge in [-0.25, -0.2) is 0 Å². The molecule has 1 N–H and O–H groups in total. The Kier molecular flexibility index (Phi) is 5.73. The molecule has 0 amide bonds. The number of halogens is 1. The Labute approximate surface area is 195 Å². The van der Waals surface area contributed by atoms with Crippen LogP contribution < -0.4 is 9.47 Å². The summed E-state index contributed by atoms with van der Waals surface area (Å²) in [5.74, 6) is 2.54. The summed E-state index contributed by atoms with van der Waals surface area (Å²) in [5, 5.41) is 10.6. The van der Waals surface area contributed by atoms with Crippen molar-refractivity contribution in [3.05, 3.63) is 56.8 Å². The van der Waals surface area contributed by atoms with Gasteiger partial charge in [0.2, 0.25) is 5.78 Å². The molecule has 2 atom stereocenters. The number of Topliss-reactive ketones (excluding diaryl/α,β-unsaturated/α-hetero) is 1. The van der Waals surface area contributed by atoms with E-state index in [0.29, 0.717) is 47.6 Å². The smallest absolute Gasteiger partial charge is 0.231 e. The number of fused-ring (bicyclic) bond motifs is 2. The minimum absolute atomic E-state index is 0.156. The predicted octanol–water partition coefficient (Wildman–Crippen LogP) is 5.12. The molecule has 1 saturated heterocycles. The number of hydrogen-bond acceptors (Lipinski definition) is 6. The standard InChI is InChI=1S/C25H26BrNO5/c1-14-5-15(2)10-27(9-14)11-20-21(28)4-3-19-23(29)22(32-25(19)20)8-16-6-18(26)7-17-12-30-13-31-24(16)17/h3-4,6-8,14-15,28H,5,9-13H2,1-2H3/b22-8-/t14-,15+. The third-order valence-electron chi connectivity index (χ3n) is 6.23. The summed E-state index contributed by atoms with van der Waals surface area (Å²) in [7, 11) is 0. The number of piperidine rings is 1. The maximum atomic E-state index is 13.1. The van der Waals surface area contributed by atoms with Crippen LogP contribution in [0.5, 0.6) is 17.2 Å². The summed E-state index contributed by atoms with van der Waals surface area (Å²) in [6, 6.07) is 7.07. The first-order valence-electron chi connectivity index (χ1n) is 10.9. The second kappa shape index (κ2) is 8.54. The van der Waals surface area contributed by atoms with E-state index in [1.165, 1.54) is 6.42 Å². The number of phenols is 1. The van der Waals surface area contributed by atoms with Crippen molar-refractivity contribution in [3.8, 4) is 17.2 Å². The lowest BCUT2D eigenvalue weighted by Gasteiger charge is -2.35. The summed E-state index contributed by atoms with van der Waals surface area (Å²) >= 11 is 3.52. The molecule has 0 unspecified atom stereocenters. The van der Waals surface area contributed by atoms with Crippen LogP contribution >= 0.6 is 15.9 Å². The highest BCUT2D eigenvalue weighted by atomic mass is 79.9. The molecule has 6 nitrogen and oxygen atoms in total. The van der Waals surface area contributed by atoms with Gasteiger partial charge in [-0.15, -0.1) is 0 Å². The van der Waals surface area contributed by atoms with Crippen LogP contribution in [0.15, 0.2) is 34.5 Å². The Morgan fingerprint density at radius 1 is 1.19 bits per heavy atom. The number of rotatable bonds is 3. The van der Waals surface area contributed by atoms with Crippen LogP contribution in [0.3, 0.4) is 0 Å². The van der Waals surface area contributed by atoms with E-state index >= 15 is 0 Å². The molecule has 1 fully saturated rings. The third kappa shape index (κ3) is 4.05. The Morgan fingerprint density at radius 3 is 2.75 bits per heavy atom. The first-order valence-corrected chi connectivity index (χ1v) is 11.7. The van der Waals surface area contributed by atoms with Gasteiger partial charge in [-0.2, -0.15) is 0 Å². The van der Waals surface area contributed by atoms with Crippen LogP contribution in [0.1, 0.15) is 47.3 Å². The summed E-state index contributed by atoms with van der Waals surface area (Å²) < 4.78 is 18.0. The monoisotopic (exact) mass is 499 g/mol. The zero-order valence-corrected chi connectivity index (χ0v) is 19.8. The van der Waals surface area contributed by atoms with Crippen molar-refractivity contribution in [2.24, 2.45) is 11.8 Å². The summed E-state index contributed by atoms with van der Waals surface area (Å²) in [6.07, 6.45) is 2.92. The number of aromatic hydroxyl groups is 1. The molecule has 32 heavy (non-hydrogen) atoms. The highest BCUT2D eigenvalue weighted by molar-refractivity contribution is 9.10. The molecular weight excluding hydrogens is 474 g/mol. The minimum atomic E-state index is -0.192. The maximum absolute atomic E-state index is 13.1. The number of carbonyl (C=O) groups excluding carboxylic acids is 1. The van der Waals surface area contributed by atoms with E-state index in [4.69, 9.17) is 14.2 Å². The molecule has 0 saturated carbocycles. The lowest BCUT2D eigenvalue weighted by molar-refractivity contribution is -0.0165. The van der Waals surface area contributed by atoms with Gasteiger partial charge < -0.3 is 19.3 Å². The fraction of sp³-hybridized carbons (Fsp3) is 0.400. The van der Waals surface area contributed by atoms with Crippen LogP contribution in [0, 0.1) is 11.8 Å². The Hall–Kier alpha value is -2.35. The van der Waals surface area contributed by atoms with Gasteiger partial charge in [-0.1, -0.05) is 29.8 Å². The quantitative estimate of drug-likeness (QED) is 0.591. The second-order valence-corrected chi connectivity index (χ2v) is 10.0. The average Bonchev–Trinajstić information content (AvgIpc) is 3.05. The van der Waals surface area contributed by atoms with E-state index in [1.807, 2.05) is 12.1 Å². The lowest BCUT2D eigenvalue weighted by atomic mass is 9.91. The molecule has 0 bridgehead atoms. The highest BCUT2D eigenvalue weighted by Gasteiger charge is 2.33. The highest BCUT2D eigenvalue weighted by Crippen LogP contribution is 2.42. The van der Waals surface area contributed by atoms with Crippen molar-refractivity contribution >= 4 is 27.8 Å². The Balaban J connectivity index is 1.48. The molecule has 7 heteroatoms. The number of likely N-dealkylation sites (tertiary alicyclic amines) is 1. The number of benzene rings is 2. The van der Waals surface area contributed by atoms with Gasteiger partial charge in [-0.3, -0.25) is 9.69 Å². The van der Waals surface area contributed by atoms with Crippen LogP contribution in [0.25, 0.3) is 6.08 Å². The second-order valence-electron chi connectivity index (χ2n) is 9.11. The van der Waals surface area contributed by atoms with Crippen molar-refractivity contribution in [1.29, 1.82) is 0 Å². The van der Waals surface area contributed by atoms with Crippen molar-refractivity contribution in [3.63, 3.8) is 0 Å². The number of carbonyl (C=O) groups is 1. The van der Waals surface area contributed by atoms with Crippen LogP contribution in [0.2, 0.25) is 0 Å². The fourth-order valence-electron chi connectivity index (χ4n) is 5.05. The average molecular weight is 500 g/mol. The molecule has 3 heterocycles. The zero-order valence-electron chi connectivity index (χ0n) is 18.2. The van der Waals surface area contributed by atoms with E-state index in [0.717, 1.165) is 28.7 Å². The summed E-state index contributed by atoms with van der Waals surface area (Å²) in [4.78, 5) is 15.5. The first-order chi connectivity index (χ1) is 15.4. The van der Waals surface area contributed by atoms with Gasteiger partial charge in [-0.05, 0) is 48.6 Å². The number of phenolic OH excluding ortho intramolecular Hbond substituents is 1. The molecule has 3 aliphatic heterocycles. The SMILES string of the molecule is C[C@@H]1C[C@H](C)CN(Cc2c(O)ccc3c2O/C(=C\c2cc(Br)cc4c2OCOC4)C3=O)C1. The van der Waals surface area contributed by atoms with E-state index in [1.54, 1.807) is 18.2 Å². The molecule has 0 aromatic heterocycles. The van der Waals surface area contributed by atoms with Crippen molar-refractivity contribution in [2.75, 3.05) is 19.9 Å². The molecule has 0 spiro atoms. The molecular formula is C25H26BrNO5. The molecule has 168 valence electrons. The van der Waals surface area contributed by atoms with Crippen LogP contribution in [0.4, 0.5) is 0 Å². The number of allylic oxidation sites excluding steroid dienone is 1. The van der Waals surface area contributed by atoms with E-state index in [-0.39, 0.29) is 24.1 Å². The molecule has 0 aliphatic carbocycles. The topological polar surface area (TPSA) is 68.2 Å². The van der Waals surface area contributed by atoms with E-state index < -0.39 is 0 Å². The Morgan fingerprint density at radius 2 is 1.97 bits per heavy atom. The van der Waals surface area contributed by atoms with E-state index in [2.05, 4.69) is 34.7 Å². The van der Waals surface area contributed by atoms with Crippen molar-refractivity contribution < 1.29 is 24.1 Å². The summed E-state index contributed by atoms with van der Waals surface area (Å²) in [5.41, 5.74) is 2.81. The van der Waals surface area contributed by atoms with Crippen LogP contribution in [-0.2, 0) is 17.9 Å². The predicted molar refractivity (Wildman–Crippen MR) is 124 cm³/mol. The number of ketones is 1. The molecule has 5 rings (SSSR count).